The van der Waals surface area contributed by atoms with Gasteiger partial charge in [-0.25, -0.2) is 4.79 Å². The molecule has 2 N–H and O–H groups in total. The van der Waals surface area contributed by atoms with E-state index < -0.39 is 0 Å². The maximum absolute atomic E-state index is 11.9. The van der Waals surface area contributed by atoms with Gasteiger partial charge in [0.1, 0.15) is 0 Å². The number of nitrogens with zero attached hydrogens (tertiary/aromatic N) is 1. The van der Waals surface area contributed by atoms with Crippen LogP contribution in [0.5, 0.6) is 0 Å². The molecule has 0 spiro atoms. The van der Waals surface area contributed by atoms with Crippen molar-refractivity contribution in [3.8, 4) is 0 Å². The zero-order chi connectivity index (χ0) is 12.1. The third-order valence-corrected chi connectivity index (χ3v) is 3.42. The number of carbonyl (C=O) groups excluding carboxylic acids is 1. The highest BCUT2D eigenvalue weighted by Crippen LogP contribution is 2.16. The highest BCUT2D eigenvalue weighted by molar-refractivity contribution is 5.74. The van der Waals surface area contributed by atoms with Crippen molar-refractivity contribution in [2.75, 3.05) is 19.7 Å². The average molecular weight is 228 g/mol. The molecule has 2 amide bonds. The van der Waals surface area contributed by atoms with Crippen molar-refractivity contribution < 1.29 is 9.90 Å². The third-order valence-electron chi connectivity index (χ3n) is 3.42. The van der Waals surface area contributed by atoms with Crippen molar-refractivity contribution in [2.24, 2.45) is 11.8 Å². The first-order valence-electron chi connectivity index (χ1n) is 6.21. The van der Waals surface area contributed by atoms with Gasteiger partial charge in [-0.05, 0) is 31.6 Å². The molecule has 1 aliphatic heterocycles. The van der Waals surface area contributed by atoms with Crippen LogP contribution in [0.4, 0.5) is 4.79 Å². The molecule has 0 radical (unpaired) electrons. The van der Waals surface area contributed by atoms with Crippen molar-refractivity contribution in [3.05, 3.63) is 0 Å². The fraction of sp³-hybridized carbons (Fsp3) is 0.917. The van der Waals surface area contributed by atoms with E-state index in [9.17, 15) is 4.79 Å². The number of carbonyl (C=O) groups is 1. The van der Waals surface area contributed by atoms with Gasteiger partial charge in [0, 0.05) is 25.7 Å². The summed E-state index contributed by atoms with van der Waals surface area (Å²) in [6, 6.07) is 0.210. The molecule has 0 aromatic carbocycles. The molecule has 16 heavy (non-hydrogen) atoms. The average Bonchev–Trinajstić information content (AvgIpc) is 2.28. The van der Waals surface area contributed by atoms with Crippen LogP contribution in [0.15, 0.2) is 0 Å². The van der Waals surface area contributed by atoms with Gasteiger partial charge >= 0.3 is 6.03 Å². The van der Waals surface area contributed by atoms with E-state index in [2.05, 4.69) is 19.2 Å². The van der Waals surface area contributed by atoms with Gasteiger partial charge in [-0.15, -0.1) is 0 Å². The lowest BCUT2D eigenvalue weighted by atomic mass is 9.99. The number of rotatable bonds is 3. The number of piperidine rings is 1. The van der Waals surface area contributed by atoms with Crippen molar-refractivity contribution >= 4 is 6.03 Å². The summed E-state index contributed by atoms with van der Waals surface area (Å²) in [6.07, 6.45) is 2.02. The molecule has 0 aromatic rings. The minimum absolute atomic E-state index is 0.0133. The first-order valence-corrected chi connectivity index (χ1v) is 6.21. The van der Waals surface area contributed by atoms with E-state index in [0.717, 1.165) is 19.4 Å². The summed E-state index contributed by atoms with van der Waals surface area (Å²) in [6.45, 7) is 7.90. The number of amides is 2. The molecule has 1 heterocycles. The standard InChI is InChI=1S/C12H24N2O2/c1-9(2)10(3)13-12(16)14-6-4-5-11(7-14)8-15/h9-11,15H,4-8H2,1-3H3,(H,13,16). The maximum Gasteiger partial charge on any atom is 0.317 e. The monoisotopic (exact) mass is 228 g/mol. The molecule has 0 saturated carbocycles. The zero-order valence-electron chi connectivity index (χ0n) is 10.6. The van der Waals surface area contributed by atoms with Crippen LogP contribution in [0.1, 0.15) is 33.6 Å². The number of hydrogen-bond acceptors (Lipinski definition) is 2. The van der Waals surface area contributed by atoms with Crippen LogP contribution in [0.2, 0.25) is 0 Å². The van der Waals surface area contributed by atoms with Crippen LogP contribution >= 0.6 is 0 Å². The fourth-order valence-electron chi connectivity index (χ4n) is 1.85. The Balaban J connectivity index is 2.41. The highest BCUT2D eigenvalue weighted by Gasteiger charge is 2.24. The quantitative estimate of drug-likeness (QED) is 0.768. The lowest BCUT2D eigenvalue weighted by Crippen LogP contribution is -2.49. The second-order valence-electron chi connectivity index (χ2n) is 5.12. The molecular weight excluding hydrogens is 204 g/mol. The molecule has 2 atom stereocenters. The van der Waals surface area contributed by atoms with Gasteiger partial charge in [0.05, 0.1) is 0 Å². The number of hydrogen-bond donors (Lipinski definition) is 2. The summed E-state index contributed by atoms with van der Waals surface area (Å²) in [5, 5.41) is 12.1. The van der Waals surface area contributed by atoms with Crippen LogP contribution in [0.3, 0.4) is 0 Å². The Kier molecular flexibility index (Phi) is 5.06. The van der Waals surface area contributed by atoms with E-state index in [1.54, 1.807) is 0 Å². The summed E-state index contributed by atoms with van der Waals surface area (Å²) in [7, 11) is 0. The molecule has 1 fully saturated rings. The largest absolute Gasteiger partial charge is 0.396 e. The summed E-state index contributed by atoms with van der Waals surface area (Å²) < 4.78 is 0. The van der Waals surface area contributed by atoms with E-state index in [-0.39, 0.29) is 24.6 Å². The van der Waals surface area contributed by atoms with Gasteiger partial charge in [-0.1, -0.05) is 13.8 Å². The Morgan fingerprint density at radius 1 is 1.50 bits per heavy atom. The van der Waals surface area contributed by atoms with Crippen molar-refractivity contribution in [1.82, 2.24) is 10.2 Å². The van der Waals surface area contributed by atoms with Gasteiger partial charge in [-0.2, -0.15) is 0 Å². The first-order chi connectivity index (χ1) is 7.54. The van der Waals surface area contributed by atoms with Crippen LogP contribution in [0.25, 0.3) is 0 Å². The fourth-order valence-corrected chi connectivity index (χ4v) is 1.85. The molecule has 1 saturated heterocycles. The lowest BCUT2D eigenvalue weighted by Gasteiger charge is -2.33. The summed E-state index contributed by atoms with van der Waals surface area (Å²) >= 11 is 0. The lowest BCUT2D eigenvalue weighted by molar-refractivity contribution is 0.127. The highest BCUT2D eigenvalue weighted by atomic mass is 16.3. The van der Waals surface area contributed by atoms with Crippen molar-refractivity contribution in [1.29, 1.82) is 0 Å². The molecule has 0 bridgehead atoms. The normalized spacial score (nSPS) is 23.3. The number of aliphatic hydroxyl groups is 1. The predicted molar refractivity (Wildman–Crippen MR) is 64.2 cm³/mol. The minimum atomic E-state index is 0.0133. The third kappa shape index (κ3) is 3.67. The molecule has 4 nitrogen and oxygen atoms in total. The molecule has 0 aromatic heterocycles. The topological polar surface area (TPSA) is 52.6 Å². The van der Waals surface area contributed by atoms with E-state index in [4.69, 9.17) is 5.11 Å². The van der Waals surface area contributed by atoms with Crippen molar-refractivity contribution in [3.63, 3.8) is 0 Å². The number of nitrogens with one attached hydrogen (secondary N) is 1. The Labute approximate surface area is 98.0 Å². The smallest absolute Gasteiger partial charge is 0.317 e. The van der Waals surface area contributed by atoms with Gasteiger partial charge in [-0.3, -0.25) is 0 Å². The maximum atomic E-state index is 11.9. The molecule has 1 aliphatic rings. The summed E-state index contributed by atoms with van der Waals surface area (Å²) in [5.41, 5.74) is 0. The Hall–Kier alpha value is -0.770. The van der Waals surface area contributed by atoms with Gasteiger partial charge in [0.2, 0.25) is 0 Å². The number of likely N-dealkylation sites (tertiary alicyclic amines) is 1. The first kappa shape index (κ1) is 13.3. The molecule has 4 heteroatoms. The Morgan fingerprint density at radius 3 is 2.75 bits per heavy atom. The van der Waals surface area contributed by atoms with Crippen LogP contribution in [-0.4, -0.2) is 41.8 Å². The Morgan fingerprint density at radius 2 is 2.19 bits per heavy atom. The van der Waals surface area contributed by atoms with E-state index in [0.29, 0.717) is 12.5 Å². The SMILES string of the molecule is CC(C)C(C)NC(=O)N1CCCC(CO)C1. The van der Waals surface area contributed by atoms with E-state index in [1.807, 2.05) is 11.8 Å². The van der Waals surface area contributed by atoms with E-state index >= 15 is 0 Å². The molecule has 94 valence electrons. The molecule has 0 aliphatic carbocycles. The van der Waals surface area contributed by atoms with Crippen LogP contribution in [-0.2, 0) is 0 Å². The summed E-state index contributed by atoms with van der Waals surface area (Å²) in [4.78, 5) is 13.7. The van der Waals surface area contributed by atoms with Crippen LogP contribution in [0, 0.1) is 11.8 Å². The number of aliphatic hydroxyl groups excluding tert-OH is 1. The second-order valence-corrected chi connectivity index (χ2v) is 5.12. The molecular formula is C12H24N2O2. The van der Waals surface area contributed by atoms with E-state index in [1.165, 1.54) is 0 Å². The predicted octanol–water partition coefficient (Wildman–Crippen LogP) is 1.44. The zero-order valence-corrected chi connectivity index (χ0v) is 10.6. The minimum Gasteiger partial charge on any atom is -0.396 e. The van der Waals surface area contributed by atoms with Gasteiger partial charge in [0.25, 0.3) is 0 Å². The summed E-state index contributed by atoms with van der Waals surface area (Å²) in [5.74, 6) is 0.705. The molecule has 2 unspecified atom stereocenters. The van der Waals surface area contributed by atoms with Crippen molar-refractivity contribution in [2.45, 2.75) is 39.7 Å². The number of urea groups is 1. The second kappa shape index (κ2) is 6.09. The van der Waals surface area contributed by atoms with Gasteiger partial charge in [0.15, 0.2) is 0 Å². The van der Waals surface area contributed by atoms with Gasteiger partial charge < -0.3 is 15.3 Å². The van der Waals surface area contributed by atoms with Crippen LogP contribution < -0.4 is 5.32 Å². The molecule has 1 rings (SSSR count). The Bertz CT molecular complexity index is 231.